The molecular weight excluding hydrogens is 214 g/mol. The van der Waals surface area contributed by atoms with E-state index in [1.54, 1.807) is 0 Å². The van der Waals surface area contributed by atoms with Crippen LogP contribution in [0, 0.1) is 0 Å². The van der Waals surface area contributed by atoms with Crippen LogP contribution in [0.3, 0.4) is 0 Å². The second-order valence-electron chi connectivity index (χ2n) is 1.99. The third kappa shape index (κ3) is 5.67. The number of rotatable bonds is 2. The largest absolute Gasteiger partial charge is 2.00 e. The van der Waals surface area contributed by atoms with Gasteiger partial charge in [-0.05, 0) is 12.0 Å². The van der Waals surface area contributed by atoms with Gasteiger partial charge in [0.25, 0.3) is 0 Å². The molecule has 0 unspecified atom stereocenters. The molecule has 1 rings (SSSR count). The zero-order valence-corrected chi connectivity index (χ0v) is 9.39. The Bertz CT molecular complexity index is 167. The number of benzene rings is 1. The second kappa shape index (κ2) is 8.52. The second-order valence-corrected chi connectivity index (χ2v) is 1.99. The van der Waals surface area contributed by atoms with E-state index in [9.17, 15) is 0 Å². The summed E-state index contributed by atoms with van der Waals surface area (Å²) in [5, 5.41) is 0. The molecule has 0 heterocycles. The van der Waals surface area contributed by atoms with Gasteiger partial charge in [0.15, 0.2) is 0 Å². The van der Waals surface area contributed by atoms with Crippen LogP contribution in [0.15, 0.2) is 30.3 Å². The van der Waals surface area contributed by atoms with Gasteiger partial charge in [0.1, 0.15) is 0 Å². The molecule has 0 aliphatic carbocycles. The van der Waals surface area contributed by atoms with Crippen molar-refractivity contribution in [3.63, 3.8) is 0 Å². The molecule has 0 aliphatic rings. The third-order valence-corrected chi connectivity index (χ3v) is 1.26. The van der Waals surface area contributed by atoms with Crippen molar-refractivity contribution in [2.75, 3.05) is 6.54 Å². The van der Waals surface area contributed by atoms with E-state index in [4.69, 9.17) is 5.73 Å². The minimum Gasteiger partial charge on any atom is -1.00 e. The fourth-order valence-electron chi connectivity index (χ4n) is 0.789. The molecule has 0 aliphatic heterocycles. The zero-order valence-electron chi connectivity index (χ0n) is 6.39. The average molecular weight is 224 g/mol. The van der Waals surface area contributed by atoms with Crippen LogP contribution in [0.2, 0.25) is 0 Å². The molecular formula is C8H10BrMgN. The van der Waals surface area contributed by atoms with E-state index < -0.39 is 0 Å². The molecule has 0 saturated heterocycles. The van der Waals surface area contributed by atoms with Gasteiger partial charge in [0, 0.05) is 0 Å². The van der Waals surface area contributed by atoms with E-state index >= 15 is 0 Å². The van der Waals surface area contributed by atoms with E-state index in [0.717, 1.165) is 6.42 Å². The van der Waals surface area contributed by atoms with Gasteiger partial charge in [-0.1, -0.05) is 30.3 Å². The SMILES string of the molecule is [Br-].[Mg+2].[NH-]CCc1ccccc1. The molecule has 1 nitrogen and oxygen atoms in total. The maximum absolute atomic E-state index is 6.94. The van der Waals surface area contributed by atoms with Gasteiger partial charge in [-0.15, -0.1) is 6.54 Å². The Balaban J connectivity index is 0. The summed E-state index contributed by atoms with van der Waals surface area (Å²) in [6, 6.07) is 10.1. The summed E-state index contributed by atoms with van der Waals surface area (Å²) in [6.45, 7) is 0.490. The molecule has 0 spiro atoms. The van der Waals surface area contributed by atoms with Crippen LogP contribution in [0.5, 0.6) is 0 Å². The molecule has 0 bridgehead atoms. The van der Waals surface area contributed by atoms with Crippen molar-refractivity contribution in [1.29, 1.82) is 0 Å². The maximum atomic E-state index is 6.94. The van der Waals surface area contributed by atoms with Crippen molar-refractivity contribution >= 4 is 23.1 Å². The fourth-order valence-corrected chi connectivity index (χ4v) is 0.789. The number of halogens is 1. The third-order valence-electron chi connectivity index (χ3n) is 1.26. The normalized spacial score (nSPS) is 7.73. The van der Waals surface area contributed by atoms with E-state index in [2.05, 4.69) is 12.1 Å². The van der Waals surface area contributed by atoms with Crippen LogP contribution < -0.4 is 17.0 Å². The van der Waals surface area contributed by atoms with Gasteiger partial charge >= 0.3 is 23.1 Å². The average Bonchev–Trinajstić information content (AvgIpc) is 1.91. The maximum Gasteiger partial charge on any atom is 2.00 e. The molecule has 3 heteroatoms. The van der Waals surface area contributed by atoms with Crippen LogP contribution in [-0.2, 0) is 6.42 Å². The predicted molar refractivity (Wildman–Crippen MR) is 45.1 cm³/mol. The molecule has 0 aromatic heterocycles. The Morgan fingerprint density at radius 1 is 1.09 bits per heavy atom. The monoisotopic (exact) mass is 223 g/mol. The summed E-state index contributed by atoms with van der Waals surface area (Å²) >= 11 is 0. The Morgan fingerprint density at radius 2 is 1.64 bits per heavy atom. The molecule has 1 aromatic carbocycles. The summed E-state index contributed by atoms with van der Waals surface area (Å²) < 4.78 is 0. The van der Waals surface area contributed by atoms with E-state index in [-0.39, 0.29) is 40.0 Å². The number of nitrogens with one attached hydrogen (secondary N) is 1. The Kier molecular flexibility index (Phi) is 10.8. The number of hydrogen-bond acceptors (Lipinski definition) is 0. The molecule has 0 radical (unpaired) electrons. The van der Waals surface area contributed by atoms with Crippen molar-refractivity contribution in [3.8, 4) is 0 Å². The molecule has 1 aromatic rings. The summed E-state index contributed by atoms with van der Waals surface area (Å²) in [6.07, 6.45) is 0.876. The Labute approximate surface area is 94.3 Å². The topological polar surface area (TPSA) is 23.8 Å². The van der Waals surface area contributed by atoms with E-state index in [1.807, 2.05) is 18.2 Å². The van der Waals surface area contributed by atoms with Crippen LogP contribution in [0.1, 0.15) is 5.56 Å². The van der Waals surface area contributed by atoms with Crippen LogP contribution >= 0.6 is 0 Å². The first kappa shape index (κ1) is 14.0. The Morgan fingerprint density at radius 3 is 2.09 bits per heavy atom. The Hall–Kier alpha value is 0.426. The van der Waals surface area contributed by atoms with Gasteiger partial charge in [0.2, 0.25) is 0 Å². The first-order valence-electron chi connectivity index (χ1n) is 3.12. The van der Waals surface area contributed by atoms with Gasteiger partial charge in [-0.3, -0.25) is 0 Å². The van der Waals surface area contributed by atoms with Gasteiger partial charge in [-0.2, -0.15) is 0 Å². The molecule has 0 fully saturated rings. The standard InChI is InChI=1S/C8H10N.BrH.Mg/c9-7-6-8-4-2-1-3-5-8;;/h1-5,9H,6-7H2;1H;/q-1;;+2/p-1. The minimum absolute atomic E-state index is 0. The zero-order chi connectivity index (χ0) is 6.53. The van der Waals surface area contributed by atoms with Crippen LogP contribution in [-0.4, -0.2) is 29.6 Å². The molecule has 0 saturated carbocycles. The predicted octanol–water partition coefficient (Wildman–Crippen LogP) is -1.10. The van der Waals surface area contributed by atoms with Crippen molar-refractivity contribution in [3.05, 3.63) is 41.6 Å². The first-order valence-corrected chi connectivity index (χ1v) is 3.12. The summed E-state index contributed by atoms with van der Waals surface area (Å²) in [4.78, 5) is 0. The van der Waals surface area contributed by atoms with Crippen molar-refractivity contribution < 1.29 is 17.0 Å². The smallest absolute Gasteiger partial charge is 1.00 e. The van der Waals surface area contributed by atoms with Gasteiger partial charge in [-0.25, -0.2) is 0 Å². The number of hydrogen-bond donors (Lipinski definition) is 0. The molecule has 0 amide bonds. The summed E-state index contributed by atoms with van der Waals surface area (Å²) in [7, 11) is 0. The van der Waals surface area contributed by atoms with Crippen molar-refractivity contribution in [1.82, 2.24) is 0 Å². The molecule has 0 atom stereocenters. The van der Waals surface area contributed by atoms with Gasteiger partial charge in [0.05, 0.1) is 0 Å². The molecule has 1 N–H and O–H groups in total. The fraction of sp³-hybridized carbons (Fsp3) is 0.250. The van der Waals surface area contributed by atoms with Crippen LogP contribution in [0.4, 0.5) is 0 Å². The summed E-state index contributed by atoms with van der Waals surface area (Å²) in [5.41, 5.74) is 8.20. The van der Waals surface area contributed by atoms with E-state index in [1.165, 1.54) is 5.56 Å². The first-order chi connectivity index (χ1) is 4.43. The molecule has 56 valence electrons. The van der Waals surface area contributed by atoms with Crippen LogP contribution in [0.25, 0.3) is 5.73 Å². The van der Waals surface area contributed by atoms with Crippen molar-refractivity contribution in [2.45, 2.75) is 6.42 Å². The van der Waals surface area contributed by atoms with Crippen molar-refractivity contribution in [2.24, 2.45) is 0 Å². The van der Waals surface area contributed by atoms with E-state index in [0.29, 0.717) is 6.54 Å². The quantitative estimate of drug-likeness (QED) is 0.570. The molecule has 11 heavy (non-hydrogen) atoms. The van der Waals surface area contributed by atoms with Gasteiger partial charge < -0.3 is 22.7 Å². The summed E-state index contributed by atoms with van der Waals surface area (Å²) in [5.74, 6) is 0. The minimum atomic E-state index is 0.